The van der Waals surface area contributed by atoms with Gasteiger partial charge < -0.3 is 9.84 Å². The van der Waals surface area contributed by atoms with Gasteiger partial charge in [0.15, 0.2) is 6.10 Å². The number of aryl methyl sites for hydroxylation is 1. The van der Waals surface area contributed by atoms with E-state index < -0.39 is 12.1 Å². The standard InChI is InChI=1S/C19H21ClO3/c1-12(2)16-6-4-5-7-17(16)23-18(19(21)22)11-14-10-15(20)9-8-13(14)3/h4-10,12,18H,11H2,1-3H3,(H,21,22)/t18-/m0/s1. The number of carboxylic acid groups (broad SMARTS) is 1. The topological polar surface area (TPSA) is 46.5 Å². The predicted molar refractivity (Wildman–Crippen MR) is 92.5 cm³/mol. The van der Waals surface area contributed by atoms with Gasteiger partial charge in [0.25, 0.3) is 0 Å². The van der Waals surface area contributed by atoms with E-state index in [0.717, 1.165) is 16.7 Å². The molecule has 0 saturated carbocycles. The molecule has 2 aromatic rings. The molecule has 0 unspecified atom stereocenters. The Hall–Kier alpha value is -2.00. The average Bonchev–Trinajstić information content (AvgIpc) is 2.50. The summed E-state index contributed by atoms with van der Waals surface area (Å²) in [5, 5.41) is 10.1. The number of para-hydroxylation sites is 1. The average molecular weight is 333 g/mol. The van der Waals surface area contributed by atoms with E-state index in [2.05, 4.69) is 13.8 Å². The van der Waals surface area contributed by atoms with Crippen molar-refractivity contribution >= 4 is 17.6 Å². The van der Waals surface area contributed by atoms with Crippen molar-refractivity contribution in [3.63, 3.8) is 0 Å². The predicted octanol–water partition coefficient (Wildman–Crippen LogP) is 4.85. The van der Waals surface area contributed by atoms with E-state index in [0.29, 0.717) is 10.8 Å². The fourth-order valence-electron chi connectivity index (χ4n) is 2.46. The van der Waals surface area contributed by atoms with Crippen LogP contribution in [0.4, 0.5) is 0 Å². The summed E-state index contributed by atoms with van der Waals surface area (Å²) in [6.07, 6.45) is -0.680. The smallest absolute Gasteiger partial charge is 0.345 e. The highest BCUT2D eigenvalue weighted by Gasteiger charge is 2.22. The van der Waals surface area contributed by atoms with Crippen molar-refractivity contribution in [3.8, 4) is 5.75 Å². The fraction of sp³-hybridized carbons (Fsp3) is 0.316. The summed E-state index contributed by atoms with van der Waals surface area (Å²) in [5.41, 5.74) is 2.88. The second-order valence-corrected chi connectivity index (χ2v) is 6.35. The lowest BCUT2D eigenvalue weighted by Crippen LogP contribution is -2.30. The number of hydrogen-bond donors (Lipinski definition) is 1. The molecule has 0 radical (unpaired) electrons. The molecule has 0 aliphatic heterocycles. The van der Waals surface area contributed by atoms with Crippen LogP contribution in [0.25, 0.3) is 0 Å². The lowest BCUT2D eigenvalue weighted by Gasteiger charge is -2.20. The van der Waals surface area contributed by atoms with E-state index in [9.17, 15) is 9.90 Å². The SMILES string of the molecule is Cc1ccc(Cl)cc1C[C@H](Oc1ccccc1C(C)C)C(=O)O. The maximum Gasteiger partial charge on any atom is 0.345 e. The molecule has 4 heteroatoms. The maximum absolute atomic E-state index is 11.6. The highest BCUT2D eigenvalue weighted by molar-refractivity contribution is 6.30. The summed E-state index contributed by atoms with van der Waals surface area (Å²) in [6, 6.07) is 13.0. The summed E-state index contributed by atoms with van der Waals surface area (Å²) in [4.78, 5) is 11.6. The van der Waals surface area contributed by atoms with Crippen molar-refractivity contribution in [2.24, 2.45) is 0 Å². The minimum Gasteiger partial charge on any atom is -0.478 e. The monoisotopic (exact) mass is 332 g/mol. The third-order valence-corrected chi connectivity index (χ3v) is 4.04. The number of carbonyl (C=O) groups is 1. The quantitative estimate of drug-likeness (QED) is 0.822. The van der Waals surface area contributed by atoms with Crippen molar-refractivity contribution in [3.05, 3.63) is 64.2 Å². The molecular weight excluding hydrogens is 312 g/mol. The Morgan fingerprint density at radius 3 is 2.57 bits per heavy atom. The molecular formula is C19H21ClO3. The molecule has 2 rings (SSSR count). The molecule has 1 atom stereocenters. The molecule has 2 aromatic carbocycles. The van der Waals surface area contributed by atoms with Crippen LogP contribution in [0.3, 0.4) is 0 Å². The van der Waals surface area contributed by atoms with E-state index in [1.807, 2.05) is 37.3 Å². The number of ether oxygens (including phenoxy) is 1. The maximum atomic E-state index is 11.6. The first-order valence-electron chi connectivity index (χ1n) is 7.62. The molecule has 0 aromatic heterocycles. The first-order chi connectivity index (χ1) is 10.9. The Bertz CT molecular complexity index is 695. The largest absolute Gasteiger partial charge is 0.478 e. The third kappa shape index (κ3) is 4.49. The summed E-state index contributed by atoms with van der Waals surface area (Å²) in [5.74, 6) is -0.105. The first kappa shape index (κ1) is 17.4. The zero-order valence-corrected chi connectivity index (χ0v) is 14.3. The Balaban J connectivity index is 2.27. The zero-order valence-electron chi connectivity index (χ0n) is 13.5. The molecule has 0 saturated heterocycles. The van der Waals surface area contributed by atoms with Crippen LogP contribution < -0.4 is 4.74 Å². The summed E-state index contributed by atoms with van der Waals surface area (Å²) >= 11 is 6.02. The Labute approximate surface area is 141 Å². The number of halogens is 1. The van der Waals surface area contributed by atoms with Gasteiger partial charge in [0, 0.05) is 11.4 Å². The van der Waals surface area contributed by atoms with E-state index >= 15 is 0 Å². The van der Waals surface area contributed by atoms with Crippen LogP contribution in [0.1, 0.15) is 36.5 Å². The van der Waals surface area contributed by atoms with Gasteiger partial charge in [-0.2, -0.15) is 0 Å². The van der Waals surface area contributed by atoms with Crippen molar-refractivity contribution in [2.75, 3.05) is 0 Å². The van der Waals surface area contributed by atoms with Crippen LogP contribution in [0.5, 0.6) is 5.75 Å². The number of hydrogen-bond acceptors (Lipinski definition) is 2. The number of aliphatic carboxylic acids is 1. The number of rotatable bonds is 6. The molecule has 0 fully saturated rings. The minimum atomic E-state index is -0.983. The molecule has 0 spiro atoms. The van der Waals surface area contributed by atoms with E-state index in [1.165, 1.54) is 0 Å². The Morgan fingerprint density at radius 1 is 1.22 bits per heavy atom. The fourth-order valence-corrected chi connectivity index (χ4v) is 2.65. The lowest BCUT2D eigenvalue weighted by atomic mass is 10.0. The van der Waals surface area contributed by atoms with Gasteiger partial charge in [0.2, 0.25) is 0 Å². The molecule has 0 aliphatic carbocycles. The molecule has 3 nitrogen and oxygen atoms in total. The van der Waals surface area contributed by atoms with Gasteiger partial charge in [-0.3, -0.25) is 0 Å². The number of carboxylic acids is 1. The van der Waals surface area contributed by atoms with Crippen LogP contribution in [0, 0.1) is 6.92 Å². The van der Waals surface area contributed by atoms with Crippen LogP contribution in [0.15, 0.2) is 42.5 Å². The number of benzene rings is 2. The van der Waals surface area contributed by atoms with E-state index in [4.69, 9.17) is 16.3 Å². The van der Waals surface area contributed by atoms with Gasteiger partial charge in [-0.05, 0) is 47.7 Å². The van der Waals surface area contributed by atoms with Crippen LogP contribution >= 0.6 is 11.6 Å². The van der Waals surface area contributed by atoms with Crippen molar-refractivity contribution < 1.29 is 14.6 Å². The molecule has 0 bridgehead atoms. The second-order valence-electron chi connectivity index (χ2n) is 5.91. The third-order valence-electron chi connectivity index (χ3n) is 3.80. The second kappa shape index (κ2) is 7.51. The highest BCUT2D eigenvalue weighted by Crippen LogP contribution is 2.28. The lowest BCUT2D eigenvalue weighted by molar-refractivity contribution is -0.145. The van der Waals surface area contributed by atoms with Crippen LogP contribution in [-0.4, -0.2) is 17.2 Å². The van der Waals surface area contributed by atoms with Gasteiger partial charge in [-0.1, -0.05) is 49.7 Å². The molecule has 23 heavy (non-hydrogen) atoms. The normalized spacial score (nSPS) is 12.2. The zero-order chi connectivity index (χ0) is 17.0. The van der Waals surface area contributed by atoms with Gasteiger partial charge in [-0.25, -0.2) is 4.79 Å². The van der Waals surface area contributed by atoms with Crippen molar-refractivity contribution in [1.82, 2.24) is 0 Å². The van der Waals surface area contributed by atoms with E-state index in [1.54, 1.807) is 12.1 Å². The highest BCUT2D eigenvalue weighted by atomic mass is 35.5. The molecule has 0 heterocycles. The van der Waals surface area contributed by atoms with Gasteiger partial charge in [-0.15, -0.1) is 0 Å². The van der Waals surface area contributed by atoms with Crippen molar-refractivity contribution in [2.45, 2.75) is 39.2 Å². The van der Waals surface area contributed by atoms with Crippen molar-refractivity contribution in [1.29, 1.82) is 0 Å². The van der Waals surface area contributed by atoms with Gasteiger partial charge in [0.1, 0.15) is 5.75 Å². The minimum absolute atomic E-state index is 0.258. The Kier molecular flexibility index (Phi) is 5.67. The summed E-state index contributed by atoms with van der Waals surface area (Å²) in [6.45, 7) is 6.05. The summed E-state index contributed by atoms with van der Waals surface area (Å²) in [7, 11) is 0. The van der Waals surface area contributed by atoms with E-state index in [-0.39, 0.29) is 12.3 Å². The summed E-state index contributed by atoms with van der Waals surface area (Å²) < 4.78 is 5.82. The van der Waals surface area contributed by atoms with Gasteiger partial charge >= 0.3 is 5.97 Å². The molecule has 122 valence electrons. The van der Waals surface area contributed by atoms with Gasteiger partial charge in [0.05, 0.1) is 0 Å². The van der Waals surface area contributed by atoms with Crippen LogP contribution in [0.2, 0.25) is 5.02 Å². The molecule has 0 aliphatic rings. The van der Waals surface area contributed by atoms with Crippen LogP contribution in [-0.2, 0) is 11.2 Å². The first-order valence-corrected chi connectivity index (χ1v) is 7.99. The molecule has 0 amide bonds. The molecule has 1 N–H and O–H groups in total. The Morgan fingerprint density at radius 2 is 1.91 bits per heavy atom.